The highest BCUT2D eigenvalue weighted by atomic mass is 19.4. The first kappa shape index (κ1) is 16.3. The van der Waals surface area contributed by atoms with Crippen molar-refractivity contribution in [2.24, 2.45) is 5.92 Å². The Morgan fingerprint density at radius 1 is 1.24 bits per heavy atom. The summed E-state index contributed by atoms with van der Waals surface area (Å²) >= 11 is 0. The molecule has 0 saturated heterocycles. The van der Waals surface area contributed by atoms with Gasteiger partial charge in [0.05, 0.1) is 5.92 Å². The maximum atomic E-state index is 13.1. The molecule has 1 aromatic heterocycles. The Balaban J connectivity index is 1.98. The molecule has 1 aliphatic carbocycles. The van der Waals surface area contributed by atoms with Crippen LogP contribution in [0.3, 0.4) is 0 Å². The third kappa shape index (κ3) is 4.43. The largest absolute Gasteiger partial charge is 0.425 e. The minimum Gasteiger partial charge on any atom is -0.425 e. The summed E-state index contributed by atoms with van der Waals surface area (Å²) in [4.78, 5) is 0. The zero-order valence-electron chi connectivity index (χ0n) is 12.2. The summed E-state index contributed by atoms with van der Waals surface area (Å²) in [6.45, 7) is 3.75. The smallest absolute Gasteiger partial charge is 0.392 e. The molecule has 120 valence electrons. The van der Waals surface area contributed by atoms with Crippen molar-refractivity contribution < 1.29 is 17.6 Å². The number of rotatable bonds is 6. The molecule has 0 bridgehead atoms. The van der Waals surface area contributed by atoms with Crippen molar-refractivity contribution in [1.82, 2.24) is 15.5 Å². The molecule has 1 aliphatic rings. The first-order valence-corrected chi connectivity index (χ1v) is 7.62. The van der Waals surface area contributed by atoms with Gasteiger partial charge in [-0.15, -0.1) is 10.2 Å². The standard InChI is InChI=1S/C14H22F3N3O/c1-2-18-9-5-8-12-19-20-13(21-12)10-6-3-4-7-11(10)14(15,16)17/h10-11,18H,2-9H2,1H3. The van der Waals surface area contributed by atoms with Gasteiger partial charge in [-0.2, -0.15) is 13.2 Å². The first-order valence-electron chi connectivity index (χ1n) is 7.62. The summed E-state index contributed by atoms with van der Waals surface area (Å²) in [5.74, 6) is -1.42. The highest BCUT2D eigenvalue weighted by Gasteiger charge is 2.47. The Kier molecular flexibility index (Phi) is 5.61. The topological polar surface area (TPSA) is 51.0 Å². The van der Waals surface area contributed by atoms with Gasteiger partial charge in [0, 0.05) is 12.3 Å². The van der Waals surface area contributed by atoms with Crippen molar-refractivity contribution in [2.75, 3.05) is 13.1 Å². The molecule has 0 spiro atoms. The maximum Gasteiger partial charge on any atom is 0.392 e. The molecule has 0 radical (unpaired) electrons. The number of hydrogen-bond donors (Lipinski definition) is 1. The molecule has 0 amide bonds. The van der Waals surface area contributed by atoms with Crippen LogP contribution in [0, 0.1) is 5.92 Å². The van der Waals surface area contributed by atoms with Crippen LogP contribution in [-0.2, 0) is 6.42 Å². The second kappa shape index (κ2) is 7.24. The van der Waals surface area contributed by atoms with Crippen LogP contribution >= 0.6 is 0 Å². The van der Waals surface area contributed by atoms with Gasteiger partial charge in [-0.25, -0.2) is 0 Å². The lowest BCUT2D eigenvalue weighted by molar-refractivity contribution is -0.188. The van der Waals surface area contributed by atoms with Crippen molar-refractivity contribution in [2.45, 2.75) is 57.5 Å². The van der Waals surface area contributed by atoms with E-state index in [-0.39, 0.29) is 12.3 Å². The SMILES string of the molecule is CCNCCCc1nnc(C2CCCCC2C(F)(F)F)o1. The van der Waals surface area contributed by atoms with Gasteiger partial charge in [0.25, 0.3) is 0 Å². The van der Waals surface area contributed by atoms with Crippen LogP contribution in [0.2, 0.25) is 0 Å². The summed E-state index contributed by atoms with van der Waals surface area (Å²) < 4.78 is 44.7. The van der Waals surface area contributed by atoms with Crippen molar-refractivity contribution in [3.8, 4) is 0 Å². The normalized spacial score (nSPS) is 23.4. The highest BCUT2D eigenvalue weighted by Crippen LogP contribution is 2.45. The fraction of sp³-hybridized carbons (Fsp3) is 0.857. The molecule has 21 heavy (non-hydrogen) atoms. The van der Waals surface area contributed by atoms with Crippen LogP contribution < -0.4 is 5.32 Å². The van der Waals surface area contributed by atoms with E-state index in [1.54, 1.807) is 0 Å². The van der Waals surface area contributed by atoms with Gasteiger partial charge in [-0.1, -0.05) is 19.8 Å². The molecule has 0 aromatic carbocycles. The van der Waals surface area contributed by atoms with Gasteiger partial charge < -0.3 is 9.73 Å². The van der Waals surface area contributed by atoms with Crippen LogP contribution in [0.25, 0.3) is 0 Å². The van der Waals surface area contributed by atoms with Gasteiger partial charge in [0.1, 0.15) is 0 Å². The Labute approximate surface area is 122 Å². The van der Waals surface area contributed by atoms with Crippen LogP contribution in [0.15, 0.2) is 4.42 Å². The van der Waals surface area contributed by atoms with E-state index in [2.05, 4.69) is 15.5 Å². The molecule has 4 nitrogen and oxygen atoms in total. The van der Waals surface area contributed by atoms with E-state index < -0.39 is 18.0 Å². The molecule has 2 unspecified atom stereocenters. The molecule has 1 fully saturated rings. The molecule has 7 heteroatoms. The van der Waals surface area contributed by atoms with E-state index in [0.29, 0.717) is 25.2 Å². The predicted molar refractivity (Wildman–Crippen MR) is 71.9 cm³/mol. The monoisotopic (exact) mass is 305 g/mol. The molecular formula is C14H22F3N3O. The summed E-state index contributed by atoms with van der Waals surface area (Å²) in [5.41, 5.74) is 0. The molecule has 1 aromatic rings. The van der Waals surface area contributed by atoms with E-state index in [4.69, 9.17) is 4.42 Å². The van der Waals surface area contributed by atoms with E-state index in [1.807, 2.05) is 6.92 Å². The Bertz CT molecular complexity index is 433. The van der Waals surface area contributed by atoms with Gasteiger partial charge in [0.2, 0.25) is 11.8 Å². The Hall–Kier alpha value is -1.11. The number of aromatic nitrogens is 2. The summed E-state index contributed by atoms with van der Waals surface area (Å²) in [6.07, 6.45) is -0.716. The number of hydrogen-bond acceptors (Lipinski definition) is 4. The zero-order valence-corrected chi connectivity index (χ0v) is 12.2. The lowest BCUT2D eigenvalue weighted by atomic mass is 9.79. The number of alkyl halides is 3. The molecular weight excluding hydrogens is 283 g/mol. The highest BCUT2D eigenvalue weighted by molar-refractivity contribution is 4.99. The summed E-state index contributed by atoms with van der Waals surface area (Å²) in [5, 5.41) is 10.9. The number of aryl methyl sites for hydroxylation is 1. The first-order chi connectivity index (χ1) is 10.0. The molecule has 1 saturated carbocycles. The molecule has 2 atom stereocenters. The minimum absolute atomic E-state index is 0.159. The van der Waals surface area contributed by atoms with E-state index in [9.17, 15) is 13.2 Å². The maximum absolute atomic E-state index is 13.1. The molecule has 1 N–H and O–H groups in total. The van der Waals surface area contributed by atoms with Crippen molar-refractivity contribution in [1.29, 1.82) is 0 Å². The average Bonchev–Trinajstić information content (AvgIpc) is 2.91. The number of nitrogens with one attached hydrogen (secondary N) is 1. The van der Waals surface area contributed by atoms with Crippen LogP contribution in [-0.4, -0.2) is 29.5 Å². The van der Waals surface area contributed by atoms with Crippen LogP contribution in [0.1, 0.15) is 56.7 Å². The summed E-state index contributed by atoms with van der Waals surface area (Å²) in [6, 6.07) is 0. The van der Waals surface area contributed by atoms with E-state index in [0.717, 1.165) is 25.9 Å². The fourth-order valence-electron chi connectivity index (χ4n) is 2.88. The van der Waals surface area contributed by atoms with Gasteiger partial charge in [-0.3, -0.25) is 0 Å². The minimum atomic E-state index is -4.19. The van der Waals surface area contributed by atoms with E-state index in [1.165, 1.54) is 0 Å². The number of halogens is 3. The quantitative estimate of drug-likeness (QED) is 0.818. The summed E-state index contributed by atoms with van der Waals surface area (Å²) in [7, 11) is 0. The second-order valence-corrected chi connectivity index (χ2v) is 5.53. The van der Waals surface area contributed by atoms with Gasteiger partial charge >= 0.3 is 6.18 Å². The van der Waals surface area contributed by atoms with Crippen molar-refractivity contribution in [3.05, 3.63) is 11.8 Å². The van der Waals surface area contributed by atoms with Crippen molar-refractivity contribution >= 4 is 0 Å². The van der Waals surface area contributed by atoms with Gasteiger partial charge in [-0.05, 0) is 32.4 Å². The Morgan fingerprint density at radius 3 is 2.71 bits per heavy atom. The molecule has 1 heterocycles. The zero-order chi connectivity index (χ0) is 15.3. The fourth-order valence-corrected chi connectivity index (χ4v) is 2.88. The Morgan fingerprint density at radius 2 is 2.00 bits per heavy atom. The lowest BCUT2D eigenvalue weighted by Crippen LogP contribution is -2.31. The van der Waals surface area contributed by atoms with Gasteiger partial charge in [0.15, 0.2) is 0 Å². The molecule has 2 rings (SSSR count). The number of nitrogens with zero attached hydrogens (tertiary/aromatic N) is 2. The third-order valence-corrected chi connectivity index (χ3v) is 3.98. The van der Waals surface area contributed by atoms with Crippen molar-refractivity contribution in [3.63, 3.8) is 0 Å². The average molecular weight is 305 g/mol. The predicted octanol–water partition coefficient (Wildman–Crippen LogP) is 3.45. The molecule has 0 aliphatic heterocycles. The third-order valence-electron chi connectivity index (χ3n) is 3.98. The van der Waals surface area contributed by atoms with Crippen LogP contribution in [0.5, 0.6) is 0 Å². The second-order valence-electron chi connectivity index (χ2n) is 5.53. The van der Waals surface area contributed by atoms with Crippen LogP contribution in [0.4, 0.5) is 13.2 Å². The van der Waals surface area contributed by atoms with E-state index >= 15 is 0 Å². The lowest BCUT2D eigenvalue weighted by Gasteiger charge is -2.30.